The van der Waals surface area contributed by atoms with Gasteiger partial charge in [-0.25, -0.2) is 0 Å². The second kappa shape index (κ2) is 10.7. The highest BCUT2D eigenvalue weighted by Crippen LogP contribution is 2.28. The lowest BCUT2D eigenvalue weighted by Crippen LogP contribution is -2.42. The van der Waals surface area contributed by atoms with Crippen LogP contribution in [0.25, 0.3) is 0 Å². The maximum atomic E-state index is 11.5. The van der Waals surface area contributed by atoms with E-state index in [2.05, 4.69) is 26.3 Å². The van der Waals surface area contributed by atoms with Gasteiger partial charge in [-0.05, 0) is 32.6 Å². The molecule has 2 saturated carbocycles. The summed E-state index contributed by atoms with van der Waals surface area (Å²) in [4.78, 5) is 27.4. The van der Waals surface area contributed by atoms with Crippen molar-refractivity contribution in [2.75, 3.05) is 32.7 Å². The van der Waals surface area contributed by atoms with Crippen molar-refractivity contribution in [1.29, 1.82) is 0 Å². The zero-order valence-electron chi connectivity index (χ0n) is 13.7. The summed E-state index contributed by atoms with van der Waals surface area (Å²) >= 11 is 0. The van der Waals surface area contributed by atoms with E-state index in [1.54, 1.807) is 0 Å². The molecule has 0 aromatic carbocycles. The number of hydrogen-bond donors (Lipinski definition) is 4. The first-order valence-electron chi connectivity index (χ1n) is 8.28. The van der Waals surface area contributed by atoms with Crippen molar-refractivity contribution in [3.05, 3.63) is 0 Å². The van der Waals surface area contributed by atoms with Crippen LogP contribution in [0.2, 0.25) is 0 Å². The predicted molar refractivity (Wildman–Crippen MR) is 101 cm³/mol. The van der Waals surface area contributed by atoms with Crippen LogP contribution in [-0.4, -0.2) is 50.5 Å². The number of nitrogens with zero attached hydrogens (tertiary/aromatic N) is 1. The van der Waals surface area contributed by atoms with Gasteiger partial charge in [0.25, 0.3) is 0 Å². The van der Waals surface area contributed by atoms with Gasteiger partial charge in [-0.1, -0.05) is 0 Å². The number of amides is 2. The maximum Gasteiger partial charge on any atom is 0.223 e. The zero-order valence-corrected chi connectivity index (χ0v) is 16.0. The molecule has 2 rings (SSSR count). The molecule has 0 bridgehead atoms. The summed E-state index contributed by atoms with van der Waals surface area (Å²) in [5, 5.41) is 12.1. The van der Waals surface area contributed by atoms with E-state index < -0.39 is 0 Å². The van der Waals surface area contributed by atoms with Crippen LogP contribution in [0.3, 0.4) is 0 Å². The van der Waals surface area contributed by atoms with Crippen LogP contribution in [0.1, 0.15) is 32.6 Å². The Labute approximate surface area is 154 Å². The smallest absolute Gasteiger partial charge is 0.223 e. The van der Waals surface area contributed by atoms with Crippen molar-refractivity contribution < 1.29 is 9.59 Å². The van der Waals surface area contributed by atoms with Crippen molar-refractivity contribution in [1.82, 2.24) is 21.3 Å². The third-order valence-electron chi connectivity index (χ3n) is 3.64. The van der Waals surface area contributed by atoms with E-state index in [1.807, 2.05) is 6.92 Å². The second-order valence-electron chi connectivity index (χ2n) is 5.82. The Morgan fingerprint density at radius 2 is 1.39 bits per heavy atom. The minimum absolute atomic E-state index is 0. The van der Waals surface area contributed by atoms with E-state index in [4.69, 9.17) is 0 Å². The van der Waals surface area contributed by atoms with E-state index in [9.17, 15) is 9.59 Å². The Hall–Kier alpha value is -1.06. The molecule has 0 saturated heterocycles. The monoisotopic (exact) mass is 437 g/mol. The SMILES string of the molecule is CCNC(=NCCNC(=O)C1CC1)NCCNC(=O)C1CC1.I. The highest BCUT2D eigenvalue weighted by Gasteiger charge is 2.29. The number of halogens is 1. The number of aliphatic imine (C=N–C) groups is 1. The molecule has 0 atom stereocenters. The van der Waals surface area contributed by atoms with Gasteiger partial charge in [0.05, 0.1) is 6.54 Å². The Morgan fingerprint density at radius 1 is 0.870 bits per heavy atom. The molecule has 2 amide bonds. The van der Waals surface area contributed by atoms with Crippen LogP contribution in [0, 0.1) is 11.8 Å². The fourth-order valence-electron chi connectivity index (χ4n) is 2.03. The van der Waals surface area contributed by atoms with Gasteiger partial charge in [0, 0.05) is 38.0 Å². The molecule has 2 fully saturated rings. The van der Waals surface area contributed by atoms with Crippen LogP contribution in [0.4, 0.5) is 0 Å². The first-order chi connectivity index (χ1) is 10.7. The molecule has 2 aliphatic carbocycles. The molecule has 0 aliphatic heterocycles. The molecule has 0 aromatic heterocycles. The van der Waals surface area contributed by atoms with Gasteiger partial charge in [-0.15, -0.1) is 24.0 Å². The van der Waals surface area contributed by atoms with Gasteiger partial charge in [0.15, 0.2) is 5.96 Å². The van der Waals surface area contributed by atoms with Gasteiger partial charge in [0.1, 0.15) is 0 Å². The lowest BCUT2D eigenvalue weighted by molar-refractivity contribution is -0.123. The summed E-state index contributed by atoms with van der Waals surface area (Å²) in [5.74, 6) is 1.51. The topological polar surface area (TPSA) is 94.6 Å². The molecule has 0 unspecified atom stereocenters. The van der Waals surface area contributed by atoms with Crippen LogP contribution < -0.4 is 21.3 Å². The Bertz CT molecular complexity index is 422. The number of carbonyl (C=O) groups excluding carboxylic acids is 2. The Kier molecular flexibility index (Phi) is 9.27. The molecular formula is C15H28IN5O2. The van der Waals surface area contributed by atoms with Gasteiger partial charge in [0.2, 0.25) is 11.8 Å². The summed E-state index contributed by atoms with van der Waals surface area (Å²) in [5.41, 5.74) is 0. The number of rotatable bonds is 9. The summed E-state index contributed by atoms with van der Waals surface area (Å²) in [6.07, 6.45) is 4.09. The fourth-order valence-corrected chi connectivity index (χ4v) is 2.03. The molecular weight excluding hydrogens is 409 g/mol. The second-order valence-corrected chi connectivity index (χ2v) is 5.82. The first-order valence-corrected chi connectivity index (χ1v) is 8.28. The molecule has 0 spiro atoms. The van der Waals surface area contributed by atoms with Gasteiger partial charge < -0.3 is 21.3 Å². The predicted octanol–water partition coefficient (Wildman–Crippen LogP) is 0.212. The fraction of sp³-hybridized carbons (Fsp3) is 0.800. The average molecular weight is 437 g/mol. The van der Waals surface area contributed by atoms with Gasteiger partial charge in [-0.3, -0.25) is 14.6 Å². The molecule has 8 heteroatoms. The summed E-state index contributed by atoms with van der Waals surface area (Å²) in [6.45, 7) is 5.11. The molecule has 132 valence electrons. The molecule has 23 heavy (non-hydrogen) atoms. The zero-order chi connectivity index (χ0) is 15.8. The minimum Gasteiger partial charge on any atom is -0.357 e. The number of guanidine groups is 1. The third kappa shape index (κ3) is 8.38. The molecule has 0 heterocycles. The van der Waals surface area contributed by atoms with Crippen molar-refractivity contribution >= 4 is 41.8 Å². The first kappa shape index (κ1) is 20.0. The summed E-state index contributed by atoms with van der Waals surface area (Å²) in [6, 6.07) is 0. The van der Waals surface area contributed by atoms with Crippen molar-refractivity contribution in [3.8, 4) is 0 Å². The van der Waals surface area contributed by atoms with Crippen LogP contribution >= 0.6 is 24.0 Å². The number of hydrogen-bond acceptors (Lipinski definition) is 3. The molecule has 0 aromatic rings. The van der Waals surface area contributed by atoms with E-state index in [0.717, 1.165) is 32.2 Å². The van der Waals surface area contributed by atoms with E-state index in [1.165, 1.54) is 0 Å². The highest BCUT2D eigenvalue weighted by atomic mass is 127. The minimum atomic E-state index is 0. The van der Waals surface area contributed by atoms with Gasteiger partial charge in [-0.2, -0.15) is 0 Å². The van der Waals surface area contributed by atoms with E-state index in [-0.39, 0.29) is 47.6 Å². The van der Waals surface area contributed by atoms with Crippen LogP contribution in [0.5, 0.6) is 0 Å². The normalized spacial score (nSPS) is 17.0. The summed E-state index contributed by atoms with van der Waals surface area (Å²) < 4.78 is 0. The largest absolute Gasteiger partial charge is 0.357 e. The molecule has 4 N–H and O–H groups in total. The standard InChI is InChI=1S/C15H27N5O2.HI/c1-2-16-15(19-9-7-17-13(21)11-3-4-11)20-10-8-18-14(22)12-5-6-12;/h11-12H,2-10H2,1H3,(H,17,21)(H,18,22)(H2,16,19,20);1H. The Balaban J connectivity index is 0.00000264. The van der Waals surface area contributed by atoms with Gasteiger partial charge >= 0.3 is 0 Å². The lowest BCUT2D eigenvalue weighted by Gasteiger charge is -2.12. The van der Waals surface area contributed by atoms with E-state index >= 15 is 0 Å². The number of nitrogens with one attached hydrogen (secondary N) is 4. The van der Waals surface area contributed by atoms with Crippen molar-refractivity contribution in [2.24, 2.45) is 16.8 Å². The van der Waals surface area contributed by atoms with Crippen molar-refractivity contribution in [3.63, 3.8) is 0 Å². The lowest BCUT2D eigenvalue weighted by atomic mass is 10.4. The molecule has 0 radical (unpaired) electrons. The Morgan fingerprint density at radius 3 is 1.91 bits per heavy atom. The highest BCUT2D eigenvalue weighted by molar-refractivity contribution is 14.0. The van der Waals surface area contributed by atoms with E-state index in [0.29, 0.717) is 32.1 Å². The van der Waals surface area contributed by atoms with Crippen LogP contribution in [0.15, 0.2) is 4.99 Å². The average Bonchev–Trinajstić information content (AvgIpc) is 3.39. The quantitative estimate of drug-likeness (QED) is 0.180. The number of carbonyl (C=O) groups is 2. The van der Waals surface area contributed by atoms with Crippen LogP contribution in [-0.2, 0) is 9.59 Å². The maximum absolute atomic E-state index is 11.5. The molecule has 2 aliphatic rings. The van der Waals surface area contributed by atoms with Crippen molar-refractivity contribution in [2.45, 2.75) is 32.6 Å². The third-order valence-corrected chi connectivity index (χ3v) is 3.64. The molecule has 7 nitrogen and oxygen atoms in total. The summed E-state index contributed by atoms with van der Waals surface area (Å²) in [7, 11) is 0.